The highest BCUT2D eigenvalue weighted by Crippen LogP contribution is 2.32. The third-order valence-corrected chi connectivity index (χ3v) is 6.36. The lowest BCUT2D eigenvalue weighted by molar-refractivity contribution is 0.0584. The number of ether oxygens (including phenoxy) is 1. The number of anilines is 3. The van der Waals surface area contributed by atoms with Crippen molar-refractivity contribution in [3.05, 3.63) is 47.2 Å². The average molecular weight is 455 g/mol. The third kappa shape index (κ3) is 5.01. The summed E-state index contributed by atoms with van der Waals surface area (Å²) in [5, 5.41) is 3.02. The predicted octanol–water partition coefficient (Wildman–Crippen LogP) is 4.49. The molecule has 0 aliphatic carbocycles. The molecule has 2 aliphatic rings. The van der Waals surface area contributed by atoms with E-state index in [9.17, 15) is 9.59 Å². The molecule has 1 N–H and O–H groups in total. The van der Waals surface area contributed by atoms with Crippen molar-refractivity contribution in [1.82, 2.24) is 4.98 Å². The van der Waals surface area contributed by atoms with Gasteiger partial charge in [-0.2, -0.15) is 11.8 Å². The van der Waals surface area contributed by atoms with Crippen LogP contribution in [0.3, 0.4) is 0 Å². The van der Waals surface area contributed by atoms with Gasteiger partial charge < -0.3 is 15.0 Å². The molecule has 170 valence electrons. The third-order valence-electron chi connectivity index (χ3n) is 5.42. The second-order valence-corrected chi connectivity index (χ2v) is 10.3. The van der Waals surface area contributed by atoms with Crippen LogP contribution in [0.4, 0.5) is 22.0 Å². The highest BCUT2D eigenvalue weighted by molar-refractivity contribution is 7.99. The Labute approximate surface area is 193 Å². The summed E-state index contributed by atoms with van der Waals surface area (Å²) in [6.07, 6.45) is 0.379. The van der Waals surface area contributed by atoms with Gasteiger partial charge in [-0.25, -0.2) is 9.78 Å². The Hall–Kier alpha value is -2.74. The molecule has 2 aliphatic heterocycles. The zero-order chi connectivity index (χ0) is 22.9. The Kier molecular flexibility index (Phi) is 6.33. The molecule has 2 amide bonds. The van der Waals surface area contributed by atoms with Crippen LogP contribution in [0.1, 0.15) is 42.4 Å². The minimum atomic E-state index is -0.541. The van der Waals surface area contributed by atoms with E-state index in [1.807, 2.05) is 69.8 Å². The van der Waals surface area contributed by atoms with E-state index in [0.29, 0.717) is 17.8 Å². The van der Waals surface area contributed by atoms with Crippen molar-refractivity contribution in [2.24, 2.45) is 0 Å². The van der Waals surface area contributed by atoms with Gasteiger partial charge in [-0.15, -0.1) is 0 Å². The number of nitrogens with zero attached hydrogens (tertiary/aromatic N) is 3. The van der Waals surface area contributed by atoms with E-state index in [4.69, 9.17) is 4.74 Å². The van der Waals surface area contributed by atoms with Crippen LogP contribution in [0.25, 0.3) is 0 Å². The Balaban J connectivity index is 1.51. The summed E-state index contributed by atoms with van der Waals surface area (Å²) in [4.78, 5) is 34.2. The zero-order valence-corrected chi connectivity index (χ0v) is 19.9. The Bertz CT molecular complexity index is 1030. The number of hydrogen-bond donors (Lipinski definition) is 1. The fraction of sp³-hybridized carbons (Fsp3) is 0.458. The quantitative estimate of drug-likeness (QED) is 0.736. The molecule has 0 bridgehead atoms. The summed E-state index contributed by atoms with van der Waals surface area (Å²) < 4.78 is 5.52. The van der Waals surface area contributed by atoms with Crippen LogP contribution in [0.2, 0.25) is 0 Å². The lowest BCUT2D eigenvalue weighted by Gasteiger charge is -2.29. The number of aromatic nitrogens is 1. The van der Waals surface area contributed by atoms with E-state index in [-0.39, 0.29) is 12.0 Å². The first kappa shape index (κ1) is 22.5. The molecule has 1 fully saturated rings. The maximum Gasteiger partial charge on any atom is 0.414 e. The number of hydrogen-bond acceptors (Lipinski definition) is 6. The fourth-order valence-corrected chi connectivity index (χ4v) is 4.82. The molecule has 32 heavy (non-hydrogen) atoms. The van der Waals surface area contributed by atoms with E-state index >= 15 is 0 Å². The van der Waals surface area contributed by atoms with Crippen LogP contribution < -0.4 is 15.1 Å². The topological polar surface area (TPSA) is 74.8 Å². The summed E-state index contributed by atoms with van der Waals surface area (Å²) in [7, 11) is 0. The van der Waals surface area contributed by atoms with E-state index in [0.717, 1.165) is 53.8 Å². The summed E-state index contributed by atoms with van der Waals surface area (Å²) in [6.45, 7) is 9.87. The van der Waals surface area contributed by atoms with Crippen molar-refractivity contribution in [3.63, 3.8) is 0 Å². The van der Waals surface area contributed by atoms with Crippen molar-refractivity contribution >= 4 is 41.0 Å². The van der Waals surface area contributed by atoms with Crippen molar-refractivity contribution in [2.45, 2.75) is 39.7 Å². The summed E-state index contributed by atoms with van der Waals surface area (Å²) in [5.74, 6) is 2.65. The molecule has 0 atom stereocenters. The second kappa shape index (κ2) is 9.02. The zero-order valence-electron chi connectivity index (χ0n) is 19.1. The molecule has 0 radical (unpaired) electrons. The first-order chi connectivity index (χ1) is 15.2. The Morgan fingerprint density at radius 3 is 2.56 bits per heavy atom. The smallest absolute Gasteiger partial charge is 0.414 e. The minimum Gasteiger partial charge on any atom is -0.443 e. The van der Waals surface area contributed by atoms with Gasteiger partial charge in [0.15, 0.2) is 0 Å². The maximum atomic E-state index is 13.2. The van der Waals surface area contributed by atoms with E-state index in [2.05, 4.69) is 15.2 Å². The van der Waals surface area contributed by atoms with Gasteiger partial charge in [0.1, 0.15) is 11.4 Å². The van der Waals surface area contributed by atoms with E-state index in [1.54, 1.807) is 4.90 Å². The largest absolute Gasteiger partial charge is 0.443 e. The molecule has 1 saturated heterocycles. The number of rotatable bonds is 3. The summed E-state index contributed by atoms with van der Waals surface area (Å²) in [5.41, 5.74) is 3.50. The van der Waals surface area contributed by atoms with Gasteiger partial charge in [-0.05, 0) is 70.0 Å². The van der Waals surface area contributed by atoms with E-state index < -0.39 is 5.60 Å². The van der Waals surface area contributed by atoms with Gasteiger partial charge in [0.2, 0.25) is 0 Å². The molecular formula is C24H30N4O3S. The molecular weight excluding hydrogens is 424 g/mol. The number of benzene rings is 1. The molecule has 8 heteroatoms. The molecule has 4 rings (SSSR count). The molecule has 3 heterocycles. The van der Waals surface area contributed by atoms with Crippen LogP contribution in [0.5, 0.6) is 0 Å². The molecule has 7 nitrogen and oxygen atoms in total. The first-order valence-electron chi connectivity index (χ1n) is 11.0. The molecule has 2 aromatic rings. The maximum absolute atomic E-state index is 13.2. The number of nitrogens with one attached hydrogen (secondary N) is 1. The first-order valence-corrected chi connectivity index (χ1v) is 12.1. The van der Waals surface area contributed by atoms with Crippen LogP contribution in [-0.2, 0) is 11.2 Å². The number of aryl methyl sites for hydroxylation is 1. The van der Waals surface area contributed by atoms with E-state index in [1.165, 1.54) is 0 Å². The lowest BCUT2D eigenvalue weighted by atomic mass is 10.1. The Morgan fingerprint density at radius 2 is 1.84 bits per heavy atom. The Morgan fingerprint density at radius 1 is 1.09 bits per heavy atom. The molecule has 0 unspecified atom stereocenters. The van der Waals surface area contributed by atoms with Crippen LogP contribution in [0, 0.1) is 6.92 Å². The number of pyridine rings is 1. The van der Waals surface area contributed by atoms with Gasteiger partial charge in [0.25, 0.3) is 5.91 Å². The summed E-state index contributed by atoms with van der Waals surface area (Å²) >= 11 is 1.92. The number of amides is 2. The van der Waals surface area contributed by atoms with Gasteiger partial charge in [-0.1, -0.05) is 0 Å². The summed E-state index contributed by atoms with van der Waals surface area (Å²) in [6, 6.07) is 9.37. The molecule has 0 spiro atoms. The van der Waals surface area contributed by atoms with Crippen LogP contribution in [-0.4, -0.2) is 53.7 Å². The van der Waals surface area contributed by atoms with Crippen LogP contribution in [0.15, 0.2) is 30.3 Å². The molecule has 1 aromatic heterocycles. The van der Waals surface area contributed by atoms with Gasteiger partial charge >= 0.3 is 6.09 Å². The lowest BCUT2D eigenvalue weighted by Crippen LogP contribution is -2.35. The minimum absolute atomic E-state index is 0.173. The van der Waals surface area contributed by atoms with Crippen molar-refractivity contribution in [2.75, 3.05) is 46.3 Å². The van der Waals surface area contributed by atoms with Crippen molar-refractivity contribution in [3.8, 4) is 0 Å². The molecule has 1 aromatic carbocycles. The monoisotopic (exact) mass is 454 g/mol. The second-order valence-electron chi connectivity index (χ2n) is 9.10. The average Bonchev–Trinajstić information content (AvgIpc) is 3.16. The van der Waals surface area contributed by atoms with Gasteiger partial charge in [0.05, 0.1) is 11.3 Å². The van der Waals surface area contributed by atoms with Gasteiger partial charge in [-0.3, -0.25) is 9.69 Å². The number of thioether (sulfide) groups is 1. The SMILES string of the molecule is Cc1ccc(C(=O)Nc2ccc3c(c2)CCN3C(=O)OC(C)(C)C)c(N2CCSCC2)n1. The number of carbonyl (C=O) groups excluding carboxylic acids is 2. The highest BCUT2D eigenvalue weighted by Gasteiger charge is 2.29. The van der Waals surface area contributed by atoms with Gasteiger partial charge in [0, 0.05) is 42.5 Å². The standard InChI is InChI=1S/C24H30N4O3S/c1-16-5-7-19(21(25-16)27-11-13-32-14-12-27)22(29)26-18-6-8-20-17(15-18)9-10-28(20)23(30)31-24(2,3)4/h5-8,15H,9-14H2,1-4H3,(H,26,29). The van der Waals surface area contributed by atoms with Crippen LogP contribution >= 0.6 is 11.8 Å². The number of fused-ring (bicyclic) bond motifs is 1. The van der Waals surface area contributed by atoms with Crippen molar-refractivity contribution in [1.29, 1.82) is 0 Å². The normalized spacial score (nSPS) is 16.0. The highest BCUT2D eigenvalue weighted by atomic mass is 32.2. The molecule has 0 saturated carbocycles. The number of carbonyl (C=O) groups is 2. The van der Waals surface area contributed by atoms with Crippen molar-refractivity contribution < 1.29 is 14.3 Å². The fourth-order valence-electron chi connectivity index (χ4n) is 3.92. The predicted molar refractivity (Wildman–Crippen MR) is 130 cm³/mol.